The first-order valence-electron chi connectivity index (χ1n) is 10.5. The number of rotatable bonds is 7. The summed E-state index contributed by atoms with van der Waals surface area (Å²) in [6.07, 6.45) is 14.0. The number of carbonyl (C=O) groups excluding carboxylic acids is 2. The molecule has 0 heterocycles. The molecule has 0 saturated heterocycles. The van der Waals surface area contributed by atoms with E-state index in [1.807, 2.05) is 70.2 Å². The van der Waals surface area contributed by atoms with Crippen molar-refractivity contribution in [2.45, 2.75) is 73.0 Å². The van der Waals surface area contributed by atoms with Gasteiger partial charge in [0.25, 0.3) is 0 Å². The molecule has 0 radical (unpaired) electrons. The van der Waals surface area contributed by atoms with Crippen LogP contribution in [0.4, 0.5) is 0 Å². The standard InChI is InChI=1S/C26H36O5/c1-19(12-10-8-9-11-13-20(2)18-30-21(3)27)14-15-24-25(5,6)16-23(31-22(4)28)17-26(24,7)29/h8-14,23,29H,16-18H2,1-7H3/b10-8+,11-9-,19-12+,20-13+/t15?,23-,26+/m0/s1. The normalized spacial score (nSPS) is 24.3. The van der Waals surface area contributed by atoms with Crippen LogP contribution >= 0.6 is 0 Å². The molecule has 5 nitrogen and oxygen atoms in total. The number of carbonyl (C=O) groups is 2. The van der Waals surface area contributed by atoms with Crippen LogP contribution in [0.25, 0.3) is 0 Å². The van der Waals surface area contributed by atoms with Crippen LogP contribution < -0.4 is 0 Å². The largest absolute Gasteiger partial charge is 0.462 e. The molecule has 1 aliphatic rings. The van der Waals surface area contributed by atoms with Gasteiger partial charge in [0, 0.05) is 25.8 Å². The third kappa shape index (κ3) is 9.82. The Morgan fingerprint density at radius 3 is 2.16 bits per heavy atom. The van der Waals surface area contributed by atoms with Crippen molar-refractivity contribution in [3.05, 3.63) is 65.0 Å². The van der Waals surface area contributed by atoms with E-state index >= 15 is 0 Å². The SMILES string of the molecule is CC(=O)OC/C(C)=C/C=C\C=C\C=C(/C)C=C=C1C(C)(C)C[C@H](OC(C)=O)C[C@@]1(C)O. The molecule has 1 saturated carbocycles. The van der Waals surface area contributed by atoms with Gasteiger partial charge in [-0.25, -0.2) is 0 Å². The Labute approximate surface area is 186 Å². The molecule has 1 rings (SSSR count). The molecule has 0 aromatic rings. The maximum Gasteiger partial charge on any atom is 0.302 e. The van der Waals surface area contributed by atoms with Crippen molar-refractivity contribution >= 4 is 11.9 Å². The third-order valence-electron chi connectivity index (χ3n) is 4.93. The van der Waals surface area contributed by atoms with E-state index < -0.39 is 5.60 Å². The molecule has 0 aromatic heterocycles. The molecule has 1 aliphatic carbocycles. The fourth-order valence-electron chi connectivity index (χ4n) is 3.74. The predicted molar refractivity (Wildman–Crippen MR) is 123 cm³/mol. The van der Waals surface area contributed by atoms with Gasteiger partial charge in [-0.1, -0.05) is 50.3 Å². The van der Waals surface area contributed by atoms with E-state index in [-0.39, 0.29) is 23.5 Å². The fourth-order valence-corrected chi connectivity index (χ4v) is 3.74. The topological polar surface area (TPSA) is 72.8 Å². The Balaban J connectivity index is 2.83. The molecule has 0 bridgehead atoms. The molecule has 5 heteroatoms. The minimum Gasteiger partial charge on any atom is -0.462 e. The number of hydrogen-bond acceptors (Lipinski definition) is 5. The lowest BCUT2D eigenvalue weighted by Crippen LogP contribution is -2.46. The maximum atomic E-state index is 11.3. The first-order chi connectivity index (χ1) is 14.3. The Morgan fingerprint density at radius 1 is 1.00 bits per heavy atom. The number of esters is 2. The molecule has 170 valence electrons. The minimum atomic E-state index is -1.09. The Morgan fingerprint density at radius 2 is 1.61 bits per heavy atom. The van der Waals surface area contributed by atoms with Gasteiger partial charge < -0.3 is 14.6 Å². The van der Waals surface area contributed by atoms with Gasteiger partial charge in [0.05, 0.1) is 5.60 Å². The van der Waals surface area contributed by atoms with Crippen molar-refractivity contribution in [2.75, 3.05) is 6.61 Å². The zero-order valence-corrected chi connectivity index (χ0v) is 19.8. The quantitative estimate of drug-likeness (QED) is 0.345. The van der Waals surface area contributed by atoms with Crippen molar-refractivity contribution < 1.29 is 24.2 Å². The summed E-state index contributed by atoms with van der Waals surface area (Å²) in [5.41, 5.74) is 4.63. The van der Waals surface area contributed by atoms with Gasteiger partial charge in [0.2, 0.25) is 0 Å². The van der Waals surface area contributed by atoms with Crippen LogP contribution in [0, 0.1) is 5.41 Å². The number of aliphatic hydroxyl groups is 1. The second-order valence-electron chi connectivity index (χ2n) is 8.93. The van der Waals surface area contributed by atoms with E-state index in [0.29, 0.717) is 19.4 Å². The molecule has 0 amide bonds. The first-order valence-corrected chi connectivity index (χ1v) is 10.5. The summed E-state index contributed by atoms with van der Waals surface area (Å²) in [4.78, 5) is 22.1. The van der Waals surface area contributed by atoms with Gasteiger partial charge in [-0.15, -0.1) is 5.73 Å². The molecule has 2 atom stereocenters. The first kappa shape index (κ1) is 26.4. The van der Waals surface area contributed by atoms with Gasteiger partial charge in [-0.3, -0.25) is 9.59 Å². The zero-order chi connectivity index (χ0) is 23.7. The lowest BCUT2D eigenvalue weighted by atomic mass is 9.65. The van der Waals surface area contributed by atoms with Crippen LogP contribution in [0.3, 0.4) is 0 Å². The Hall–Kier alpha value is -2.62. The highest BCUT2D eigenvalue weighted by Crippen LogP contribution is 2.46. The maximum absolute atomic E-state index is 11.3. The summed E-state index contributed by atoms with van der Waals surface area (Å²) in [5.74, 6) is -0.614. The van der Waals surface area contributed by atoms with Gasteiger partial charge in [-0.05, 0) is 49.8 Å². The van der Waals surface area contributed by atoms with Crippen molar-refractivity contribution in [3.63, 3.8) is 0 Å². The van der Waals surface area contributed by atoms with Crippen LogP contribution in [0.2, 0.25) is 0 Å². The summed E-state index contributed by atoms with van der Waals surface area (Å²) in [5, 5.41) is 11.0. The second kappa shape index (κ2) is 11.7. The average Bonchev–Trinajstić information content (AvgIpc) is 2.60. The fraction of sp³-hybridized carbons (Fsp3) is 0.500. The number of allylic oxidation sites excluding steroid dienone is 7. The highest BCUT2D eigenvalue weighted by Gasteiger charge is 2.46. The summed E-state index contributed by atoms with van der Waals surface area (Å²) in [7, 11) is 0. The van der Waals surface area contributed by atoms with E-state index in [1.165, 1.54) is 13.8 Å². The smallest absolute Gasteiger partial charge is 0.302 e. The Bertz CT molecular complexity index is 823. The third-order valence-corrected chi connectivity index (χ3v) is 4.93. The van der Waals surface area contributed by atoms with E-state index in [9.17, 15) is 14.7 Å². The van der Waals surface area contributed by atoms with Crippen molar-refractivity contribution in [1.29, 1.82) is 0 Å². The average molecular weight is 429 g/mol. The zero-order valence-electron chi connectivity index (χ0n) is 19.8. The van der Waals surface area contributed by atoms with Crippen molar-refractivity contribution in [3.8, 4) is 0 Å². The minimum absolute atomic E-state index is 0.289. The number of ether oxygens (including phenoxy) is 2. The van der Waals surface area contributed by atoms with Crippen LogP contribution in [0.1, 0.15) is 61.3 Å². The van der Waals surface area contributed by atoms with Crippen molar-refractivity contribution in [1.82, 2.24) is 0 Å². The van der Waals surface area contributed by atoms with Gasteiger partial charge >= 0.3 is 11.9 Å². The van der Waals surface area contributed by atoms with Crippen LogP contribution in [-0.4, -0.2) is 35.4 Å². The molecule has 0 aliphatic heterocycles. The van der Waals surface area contributed by atoms with Gasteiger partial charge in [0.1, 0.15) is 12.7 Å². The lowest BCUT2D eigenvalue weighted by molar-refractivity contribution is -0.152. The van der Waals surface area contributed by atoms with Gasteiger partial charge in [0.15, 0.2) is 0 Å². The van der Waals surface area contributed by atoms with Crippen LogP contribution in [-0.2, 0) is 19.1 Å². The van der Waals surface area contributed by atoms with E-state index in [1.54, 1.807) is 6.92 Å². The molecule has 31 heavy (non-hydrogen) atoms. The second-order valence-corrected chi connectivity index (χ2v) is 8.93. The van der Waals surface area contributed by atoms with Crippen LogP contribution in [0.5, 0.6) is 0 Å². The van der Waals surface area contributed by atoms with Crippen LogP contribution in [0.15, 0.2) is 65.0 Å². The monoisotopic (exact) mass is 428 g/mol. The summed E-state index contributed by atoms with van der Waals surface area (Å²) in [6.45, 7) is 12.8. The van der Waals surface area contributed by atoms with Gasteiger partial charge in [-0.2, -0.15) is 0 Å². The highest BCUT2D eigenvalue weighted by molar-refractivity contribution is 5.66. The summed E-state index contributed by atoms with van der Waals surface area (Å²) in [6, 6.07) is 0. The summed E-state index contributed by atoms with van der Waals surface area (Å²) >= 11 is 0. The van der Waals surface area contributed by atoms with E-state index in [0.717, 1.165) is 16.7 Å². The molecular formula is C26H36O5. The predicted octanol–water partition coefficient (Wildman–Crippen LogP) is 5.14. The molecular weight excluding hydrogens is 392 g/mol. The molecule has 0 spiro atoms. The van der Waals surface area contributed by atoms with E-state index in [4.69, 9.17) is 9.47 Å². The molecule has 0 aromatic carbocycles. The highest BCUT2D eigenvalue weighted by atomic mass is 16.5. The van der Waals surface area contributed by atoms with E-state index in [2.05, 4.69) is 5.73 Å². The van der Waals surface area contributed by atoms with Crippen molar-refractivity contribution in [2.24, 2.45) is 5.41 Å². The molecule has 1 fully saturated rings. The lowest BCUT2D eigenvalue weighted by Gasteiger charge is -2.44. The summed E-state index contributed by atoms with van der Waals surface area (Å²) < 4.78 is 10.3. The molecule has 0 unspecified atom stereocenters. The molecule has 1 N–H and O–H groups in total. The number of hydrogen-bond donors (Lipinski definition) is 1. The Kier molecular flexibility index (Phi) is 9.96.